The number of benzene rings is 1. The zero-order chi connectivity index (χ0) is 16.9. The molecule has 1 aromatic rings. The van der Waals surface area contributed by atoms with Crippen LogP contribution in [0.3, 0.4) is 0 Å². The van der Waals surface area contributed by atoms with Gasteiger partial charge in [0.1, 0.15) is 35.9 Å². The van der Waals surface area contributed by atoms with Gasteiger partial charge in [-0.3, -0.25) is 0 Å². The first-order valence-electron chi connectivity index (χ1n) is 6.92. The molecule has 0 unspecified atom stereocenters. The molecule has 0 radical (unpaired) electrons. The largest absolute Gasteiger partial charge is 0.507 e. The number of hydrogen-bond donors (Lipinski definition) is 6. The quantitative estimate of drug-likeness (QED) is 0.348. The molecule has 0 aromatic heterocycles. The molecule has 3 rings (SSSR count). The Kier molecular flexibility index (Phi) is 3.90. The van der Waals surface area contributed by atoms with Gasteiger partial charge in [-0.15, -0.1) is 0 Å². The number of carbonyl (C=O) groups is 1. The predicted octanol–water partition coefficient (Wildman–Crippen LogP) is -1.72. The van der Waals surface area contributed by atoms with Crippen molar-refractivity contribution in [2.24, 2.45) is 0 Å². The fourth-order valence-corrected chi connectivity index (χ4v) is 2.97. The summed E-state index contributed by atoms with van der Waals surface area (Å²) in [6.07, 6.45) is -6.62. The van der Waals surface area contributed by atoms with E-state index in [0.29, 0.717) is 0 Å². The first-order chi connectivity index (χ1) is 10.9. The minimum atomic E-state index is -1.53. The molecule has 0 amide bonds. The van der Waals surface area contributed by atoms with Gasteiger partial charge in [0.2, 0.25) is 0 Å². The summed E-state index contributed by atoms with van der Waals surface area (Å²) in [6, 6.07) is 1.02. The molecule has 1 fully saturated rings. The number of phenols is 2. The molecule has 2 aliphatic rings. The zero-order valence-corrected chi connectivity index (χ0v) is 11.8. The highest BCUT2D eigenvalue weighted by Crippen LogP contribution is 2.46. The van der Waals surface area contributed by atoms with Gasteiger partial charge in [0, 0.05) is 5.56 Å². The third kappa shape index (κ3) is 2.25. The lowest BCUT2D eigenvalue weighted by molar-refractivity contribution is -0.235. The summed E-state index contributed by atoms with van der Waals surface area (Å²) in [5.74, 6) is -1.97. The van der Waals surface area contributed by atoms with E-state index < -0.39 is 61.2 Å². The minimum absolute atomic E-state index is 0.0718. The number of hydrogen-bond acceptors (Lipinski definition) is 9. The second-order valence-electron chi connectivity index (χ2n) is 5.47. The summed E-state index contributed by atoms with van der Waals surface area (Å²) < 4.78 is 10.5. The monoisotopic (exact) mass is 328 g/mol. The Labute approximate surface area is 129 Å². The van der Waals surface area contributed by atoms with Crippen molar-refractivity contribution in [3.63, 3.8) is 0 Å². The first kappa shape index (κ1) is 16.0. The van der Waals surface area contributed by atoms with Crippen LogP contribution in [-0.2, 0) is 16.1 Å². The lowest BCUT2D eigenvalue weighted by Gasteiger charge is -2.44. The number of ether oxygens (including phenoxy) is 2. The molecule has 2 heterocycles. The van der Waals surface area contributed by atoms with Gasteiger partial charge >= 0.3 is 5.97 Å². The molecule has 0 aliphatic carbocycles. The van der Waals surface area contributed by atoms with E-state index in [1.54, 1.807) is 0 Å². The van der Waals surface area contributed by atoms with E-state index in [1.807, 2.05) is 0 Å². The van der Waals surface area contributed by atoms with Gasteiger partial charge in [-0.2, -0.15) is 0 Å². The predicted molar refractivity (Wildman–Crippen MR) is 71.6 cm³/mol. The van der Waals surface area contributed by atoms with Crippen LogP contribution < -0.4 is 0 Å². The van der Waals surface area contributed by atoms with E-state index in [9.17, 15) is 35.4 Å². The third-order valence-corrected chi connectivity index (χ3v) is 4.19. The molecular formula is C14H16O9. The number of carbonyl (C=O) groups excluding carboxylic acids is 1. The Morgan fingerprint density at radius 1 is 1.13 bits per heavy atom. The van der Waals surface area contributed by atoms with E-state index >= 15 is 0 Å². The van der Waals surface area contributed by atoms with E-state index in [0.717, 1.165) is 6.07 Å². The van der Waals surface area contributed by atoms with Crippen LogP contribution in [-0.4, -0.2) is 67.6 Å². The summed E-state index contributed by atoms with van der Waals surface area (Å²) >= 11 is 0. The van der Waals surface area contributed by atoms with E-state index in [1.165, 1.54) is 0 Å². The van der Waals surface area contributed by atoms with Crippen molar-refractivity contribution in [2.45, 2.75) is 37.1 Å². The summed E-state index contributed by atoms with van der Waals surface area (Å²) in [5, 5.41) is 58.5. The van der Waals surface area contributed by atoms with Crippen LogP contribution in [0.4, 0.5) is 0 Å². The maximum atomic E-state index is 12.0. The highest BCUT2D eigenvalue weighted by atomic mass is 16.6. The van der Waals surface area contributed by atoms with Crippen LogP contribution in [0.25, 0.3) is 0 Å². The molecule has 1 saturated heterocycles. The lowest BCUT2D eigenvalue weighted by Crippen LogP contribution is -2.58. The van der Waals surface area contributed by atoms with Crippen molar-refractivity contribution < 1.29 is 44.9 Å². The topological polar surface area (TPSA) is 157 Å². The number of rotatable bonds is 2. The van der Waals surface area contributed by atoms with Crippen LogP contribution in [0.1, 0.15) is 27.6 Å². The molecule has 0 saturated carbocycles. The zero-order valence-electron chi connectivity index (χ0n) is 11.8. The molecule has 5 atom stereocenters. The Bertz CT molecular complexity index is 644. The Hall–Kier alpha value is -1.91. The van der Waals surface area contributed by atoms with Crippen LogP contribution in [0.2, 0.25) is 0 Å². The van der Waals surface area contributed by atoms with Gasteiger partial charge in [-0.25, -0.2) is 4.79 Å². The van der Waals surface area contributed by atoms with Gasteiger partial charge < -0.3 is 40.1 Å². The van der Waals surface area contributed by atoms with Crippen LogP contribution in [0.5, 0.6) is 11.5 Å². The normalized spacial score (nSPS) is 32.9. The Morgan fingerprint density at radius 3 is 2.43 bits per heavy atom. The second-order valence-corrected chi connectivity index (χ2v) is 5.47. The van der Waals surface area contributed by atoms with Crippen molar-refractivity contribution in [2.75, 3.05) is 6.61 Å². The molecule has 9 heteroatoms. The summed E-state index contributed by atoms with van der Waals surface area (Å²) in [6.45, 7) is -1.29. The Balaban J connectivity index is 2.16. The Morgan fingerprint density at radius 2 is 1.83 bits per heavy atom. The standard InChI is InChI=1S/C14H16O9/c15-2-5-6(17)1-4-8(9(5)18)12-13(23-14(4)21)11(20)10(19)7(3-16)22-12/h1,7,10-13,15-20H,2-3H2/t7-,10-,11+,12+,13-/m1/s1. The van der Waals surface area contributed by atoms with Gasteiger partial charge in [-0.05, 0) is 6.07 Å². The molecule has 126 valence electrons. The molecule has 9 nitrogen and oxygen atoms in total. The van der Waals surface area contributed by atoms with Gasteiger partial charge in [0.05, 0.1) is 24.3 Å². The van der Waals surface area contributed by atoms with E-state index in [-0.39, 0.29) is 16.7 Å². The fourth-order valence-electron chi connectivity index (χ4n) is 2.97. The van der Waals surface area contributed by atoms with Crippen molar-refractivity contribution in [1.29, 1.82) is 0 Å². The van der Waals surface area contributed by atoms with Gasteiger partial charge in [0.15, 0.2) is 6.10 Å². The van der Waals surface area contributed by atoms with E-state index in [2.05, 4.69) is 0 Å². The molecular weight excluding hydrogens is 312 g/mol. The smallest absolute Gasteiger partial charge is 0.339 e. The van der Waals surface area contributed by atoms with Crippen LogP contribution in [0, 0.1) is 0 Å². The average molecular weight is 328 g/mol. The SMILES string of the molecule is O=C1O[C@@H]2[C@@H](O)[C@H](O)[C@@H](CO)O[C@H]2c2c1cc(O)c(CO)c2O. The highest BCUT2D eigenvalue weighted by Gasteiger charge is 2.51. The van der Waals surface area contributed by atoms with Crippen molar-refractivity contribution in [3.8, 4) is 11.5 Å². The number of aliphatic hydroxyl groups excluding tert-OH is 4. The maximum absolute atomic E-state index is 12.0. The molecule has 6 N–H and O–H groups in total. The van der Waals surface area contributed by atoms with Crippen molar-refractivity contribution >= 4 is 5.97 Å². The highest BCUT2D eigenvalue weighted by molar-refractivity contribution is 5.94. The second kappa shape index (κ2) is 5.62. The van der Waals surface area contributed by atoms with Crippen molar-refractivity contribution in [1.82, 2.24) is 0 Å². The number of fused-ring (bicyclic) bond motifs is 3. The number of aliphatic hydroxyl groups is 4. The fraction of sp³-hybridized carbons (Fsp3) is 0.500. The van der Waals surface area contributed by atoms with Crippen LogP contribution in [0.15, 0.2) is 6.07 Å². The lowest BCUT2D eigenvalue weighted by atomic mass is 9.85. The van der Waals surface area contributed by atoms with Gasteiger partial charge in [-0.1, -0.05) is 0 Å². The molecule has 23 heavy (non-hydrogen) atoms. The molecule has 2 aliphatic heterocycles. The maximum Gasteiger partial charge on any atom is 0.339 e. The summed E-state index contributed by atoms with van der Waals surface area (Å²) in [7, 11) is 0. The average Bonchev–Trinajstić information content (AvgIpc) is 2.52. The van der Waals surface area contributed by atoms with Gasteiger partial charge in [0.25, 0.3) is 0 Å². The molecule has 0 bridgehead atoms. The van der Waals surface area contributed by atoms with E-state index in [4.69, 9.17) is 9.47 Å². The summed E-state index contributed by atoms with van der Waals surface area (Å²) in [4.78, 5) is 12.0. The minimum Gasteiger partial charge on any atom is -0.507 e. The molecule has 0 spiro atoms. The third-order valence-electron chi connectivity index (χ3n) is 4.19. The van der Waals surface area contributed by atoms with Crippen molar-refractivity contribution in [3.05, 3.63) is 22.8 Å². The first-order valence-corrected chi connectivity index (χ1v) is 6.92. The number of aromatic hydroxyl groups is 2. The van der Waals surface area contributed by atoms with Crippen LogP contribution >= 0.6 is 0 Å². The summed E-state index contributed by atoms with van der Waals surface area (Å²) in [5.41, 5.74) is -0.460. The molecule has 1 aromatic carbocycles. The number of esters is 1.